The van der Waals surface area contributed by atoms with Crippen molar-refractivity contribution < 1.29 is 13.3 Å². The van der Waals surface area contributed by atoms with Gasteiger partial charge in [0, 0.05) is 39.3 Å². The molecule has 0 saturated carbocycles. The lowest BCUT2D eigenvalue weighted by atomic mass is 10.3. The van der Waals surface area contributed by atoms with Crippen LogP contribution in [-0.4, -0.2) is 54.2 Å². The first-order valence-corrected chi connectivity index (χ1v) is 12.1. The summed E-state index contributed by atoms with van der Waals surface area (Å²) in [5.41, 5.74) is 4.87. The first-order chi connectivity index (χ1) is 17.8. The van der Waals surface area contributed by atoms with Crippen LogP contribution in [0.15, 0.2) is 86.0 Å². The zero-order valence-electron chi connectivity index (χ0n) is 19.6. The van der Waals surface area contributed by atoms with Crippen LogP contribution in [0.5, 0.6) is 0 Å². The molecule has 0 aliphatic carbocycles. The Morgan fingerprint density at radius 1 is 0.417 bits per heavy atom. The number of benzene rings is 3. The van der Waals surface area contributed by atoms with E-state index in [1.807, 2.05) is 72.8 Å². The van der Waals surface area contributed by atoms with Crippen molar-refractivity contribution in [3.8, 4) is 0 Å². The number of anilines is 3. The number of fused-ring (bicyclic) bond motifs is 3. The van der Waals surface area contributed by atoms with Gasteiger partial charge in [0.25, 0.3) is 18.0 Å². The summed E-state index contributed by atoms with van der Waals surface area (Å²) in [6, 6.07) is 25.3. The number of rotatable bonds is 3. The molecule has 0 amide bonds. The second-order valence-corrected chi connectivity index (χ2v) is 8.85. The maximum Gasteiger partial charge on any atom is 0.298 e. The fraction of sp³-hybridized carbons (Fsp3) is 0.222. The lowest BCUT2D eigenvalue weighted by molar-refractivity contribution is 0.551. The van der Waals surface area contributed by atoms with Gasteiger partial charge in [0.15, 0.2) is 16.7 Å². The summed E-state index contributed by atoms with van der Waals surface area (Å²) in [4.78, 5) is 20.7. The predicted molar refractivity (Wildman–Crippen MR) is 139 cm³/mol. The first-order valence-electron chi connectivity index (χ1n) is 12.1. The van der Waals surface area contributed by atoms with Crippen molar-refractivity contribution in [2.75, 3.05) is 54.0 Å². The quantitative estimate of drug-likeness (QED) is 0.349. The number of para-hydroxylation sites is 6. The van der Waals surface area contributed by atoms with Gasteiger partial charge in [-0.15, -0.1) is 0 Å². The Labute approximate surface area is 206 Å². The Hall–Kier alpha value is -4.53. The molecule has 3 aromatic carbocycles. The molecule has 36 heavy (non-hydrogen) atoms. The van der Waals surface area contributed by atoms with Crippen molar-refractivity contribution in [2.45, 2.75) is 0 Å². The van der Waals surface area contributed by atoms with Gasteiger partial charge in [0.1, 0.15) is 16.6 Å². The van der Waals surface area contributed by atoms with E-state index in [-0.39, 0.29) is 0 Å². The minimum Gasteiger partial charge on any atom is -0.423 e. The molecular formula is C27H24N6O3. The molecule has 0 radical (unpaired) electrons. The molecule has 180 valence electrons. The van der Waals surface area contributed by atoms with Crippen molar-refractivity contribution in [3.05, 3.63) is 72.8 Å². The Morgan fingerprint density at radius 2 is 0.694 bits per heavy atom. The highest BCUT2D eigenvalue weighted by atomic mass is 16.4. The summed E-state index contributed by atoms with van der Waals surface area (Å²) in [5.74, 6) is 0. The number of nitrogens with zero attached hydrogens (tertiary/aromatic N) is 6. The molecule has 9 nitrogen and oxygen atoms in total. The van der Waals surface area contributed by atoms with Gasteiger partial charge in [-0.3, -0.25) is 0 Å². The second kappa shape index (κ2) is 8.60. The molecule has 0 atom stereocenters. The number of hydrogen-bond acceptors (Lipinski definition) is 9. The van der Waals surface area contributed by atoms with Gasteiger partial charge in [0.2, 0.25) is 0 Å². The maximum atomic E-state index is 6.12. The molecule has 3 aromatic heterocycles. The lowest BCUT2D eigenvalue weighted by Crippen LogP contribution is -2.36. The summed E-state index contributed by atoms with van der Waals surface area (Å²) >= 11 is 0. The van der Waals surface area contributed by atoms with Crippen LogP contribution in [0.2, 0.25) is 0 Å². The van der Waals surface area contributed by atoms with Crippen molar-refractivity contribution in [1.82, 2.24) is 15.0 Å². The summed E-state index contributed by atoms with van der Waals surface area (Å²) < 4.78 is 18.4. The summed E-state index contributed by atoms with van der Waals surface area (Å²) in [5, 5.41) is 0. The molecule has 0 N–H and O–H groups in total. The van der Waals surface area contributed by atoms with Gasteiger partial charge in [-0.25, -0.2) is 0 Å². The summed E-state index contributed by atoms with van der Waals surface area (Å²) in [7, 11) is 0. The van der Waals surface area contributed by atoms with E-state index in [0.717, 1.165) is 33.3 Å². The number of aromatic nitrogens is 3. The topological polar surface area (TPSA) is 87.8 Å². The minimum absolute atomic E-state index is 0.605. The summed E-state index contributed by atoms with van der Waals surface area (Å²) in [6.45, 7) is 4.21. The smallest absolute Gasteiger partial charge is 0.298 e. The van der Waals surface area contributed by atoms with E-state index < -0.39 is 0 Å². The van der Waals surface area contributed by atoms with Crippen LogP contribution in [0.3, 0.4) is 0 Å². The van der Waals surface area contributed by atoms with Crippen molar-refractivity contribution in [2.24, 2.45) is 0 Å². The van der Waals surface area contributed by atoms with Gasteiger partial charge < -0.3 is 28.0 Å². The Bertz CT molecular complexity index is 1350. The molecule has 6 aromatic rings. The predicted octanol–water partition coefficient (Wildman–Crippen LogP) is 4.94. The Morgan fingerprint density at radius 3 is 0.972 bits per heavy atom. The van der Waals surface area contributed by atoms with Crippen LogP contribution >= 0.6 is 0 Å². The molecule has 1 aliphatic rings. The van der Waals surface area contributed by atoms with E-state index in [1.165, 1.54) is 0 Å². The molecule has 1 saturated heterocycles. The highest BCUT2D eigenvalue weighted by molar-refractivity contribution is 5.76. The molecule has 4 heterocycles. The van der Waals surface area contributed by atoms with Crippen molar-refractivity contribution in [3.63, 3.8) is 0 Å². The van der Waals surface area contributed by atoms with E-state index in [2.05, 4.69) is 14.7 Å². The van der Waals surface area contributed by atoms with Gasteiger partial charge in [-0.2, -0.15) is 15.0 Å². The van der Waals surface area contributed by atoms with Crippen molar-refractivity contribution >= 4 is 51.3 Å². The first kappa shape index (κ1) is 20.8. The van der Waals surface area contributed by atoms with E-state index in [9.17, 15) is 0 Å². The third-order valence-electron chi connectivity index (χ3n) is 6.58. The molecular weight excluding hydrogens is 456 g/mol. The average molecular weight is 481 g/mol. The lowest BCUT2D eigenvalue weighted by Gasteiger charge is -2.23. The molecule has 1 aliphatic heterocycles. The molecule has 0 spiro atoms. The zero-order valence-corrected chi connectivity index (χ0v) is 19.6. The van der Waals surface area contributed by atoms with Crippen LogP contribution in [0.4, 0.5) is 18.0 Å². The monoisotopic (exact) mass is 480 g/mol. The van der Waals surface area contributed by atoms with Crippen molar-refractivity contribution in [1.29, 1.82) is 0 Å². The van der Waals surface area contributed by atoms with E-state index in [1.54, 1.807) is 0 Å². The normalized spacial score (nSPS) is 15.5. The number of hydrogen-bond donors (Lipinski definition) is 0. The van der Waals surface area contributed by atoms with Gasteiger partial charge in [0.05, 0.1) is 0 Å². The van der Waals surface area contributed by atoms with E-state index in [4.69, 9.17) is 28.2 Å². The Kier molecular flexibility index (Phi) is 4.97. The number of oxazole rings is 3. The molecule has 0 unspecified atom stereocenters. The molecule has 0 bridgehead atoms. The third-order valence-corrected chi connectivity index (χ3v) is 6.58. The van der Waals surface area contributed by atoms with Crippen LogP contribution in [-0.2, 0) is 0 Å². The fourth-order valence-electron chi connectivity index (χ4n) is 4.62. The second-order valence-electron chi connectivity index (χ2n) is 8.85. The van der Waals surface area contributed by atoms with Crippen LogP contribution < -0.4 is 14.7 Å². The van der Waals surface area contributed by atoms with Gasteiger partial charge >= 0.3 is 0 Å². The maximum absolute atomic E-state index is 6.12. The molecule has 7 rings (SSSR count). The summed E-state index contributed by atoms with van der Waals surface area (Å²) in [6.07, 6.45) is 0. The van der Waals surface area contributed by atoms with Gasteiger partial charge in [-0.05, 0) is 36.4 Å². The standard InChI is InChI=1S/C27H24N6O3/c1-4-10-22-19(7-1)28-25(34-22)31-13-15-32(26-29-20-8-2-5-11-23(20)35-26)17-18-33(16-14-31)27-30-21-9-3-6-12-24(21)36-27/h1-12H,13-18H2. The Balaban J connectivity index is 1.24. The SMILES string of the molecule is c1ccc2oc(N3CCN(c4nc5ccccc5o4)CCN(c4nc5ccccc5o4)CC3)nc2c1. The third kappa shape index (κ3) is 3.78. The largest absolute Gasteiger partial charge is 0.423 e. The van der Waals surface area contributed by atoms with Crippen LogP contribution in [0.25, 0.3) is 33.3 Å². The minimum atomic E-state index is 0.605. The van der Waals surface area contributed by atoms with Gasteiger partial charge in [-0.1, -0.05) is 36.4 Å². The van der Waals surface area contributed by atoms with E-state index >= 15 is 0 Å². The zero-order chi connectivity index (χ0) is 23.9. The average Bonchev–Trinajstić information content (AvgIpc) is 3.65. The van der Waals surface area contributed by atoms with Crippen LogP contribution in [0, 0.1) is 0 Å². The highest BCUT2D eigenvalue weighted by Crippen LogP contribution is 2.26. The fourth-order valence-corrected chi connectivity index (χ4v) is 4.62. The van der Waals surface area contributed by atoms with Crippen LogP contribution in [0.1, 0.15) is 0 Å². The molecule has 9 heteroatoms. The molecule has 1 fully saturated rings. The van der Waals surface area contributed by atoms with E-state index in [0.29, 0.717) is 57.3 Å². The highest BCUT2D eigenvalue weighted by Gasteiger charge is 2.24.